The molecule has 0 saturated heterocycles. The molecule has 0 unspecified atom stereocenters. The number of ether oxygens (including phenoxy) is 2. The molecule has 1 heterocycles. The summed E-state index contributed by atoms with van der Waals surface area (Å²) in [5, 5.41) is 2.79. The predicted molar refractivity (Wildman–Crippen MR) is 93.8 cm³/mol. The quantitative estimate of drug-likeness (QED) is 0.588. The van der Waals surface area contributed by atoms with Crippen LogP contribution in [-0.2, 0) is 14.3 Å². The van der Waals surface area contributed by atoms with Gasteiger partial charge in [-0.3, -0.25) is 4.79 Å². The Bertz CT molecular complexity index is 741. The molecule has 0 aliphatic heterocycles. The molecule has 2 aromatic rings. The molecule has 0 saturated carbocycles. The first kappa shape index (κ1) is 18.4. The molecule has 1 aromatic carbocycles. The number of nitrogens with one attached hydrogen (secondary N) is 1. The third kappa shape index (κ3) is 4.77. The van der Waals surface area contributed by atoms with Crippen molar-refractivity contribution in [1.29, 1.82) is 0 Å². The van der Waals surface area contributed by atoms with E-state index in [1.807, 2.05) is 0 Å². The monoisotopic (exact) mass is 343 g/mol. The molecule has 1 amide bonds. The number of hydrogen-bond acceptors (Lipinski definition) is 5. The molecular formula is C18H21N3O4. The molecule has 0 aliphatic carbocycles. The van der Waals surface area contributed by atoms with Crippen LogP contribution in [0.4, 0.5) is 5.69 Å². The van der Waals surface area contributed by atoms with E-state index in [9.17, 15) is 9.59 Å². The summed E-state index contributed by atoms with van der Waals surface area (Å²) < 4.78 is 12.1. The van der Waals surface area contributed by atoms with Crippen LogP contribution in [0.2, 0.25) is 0 Å². The first-order chi connectivity index (χ1) is 12.1. The van der Waals surface area contributed by atoms with Crippen LogP contribution in [0, 0.1) is 0 Å². The lowest BCUT2D eigenvalue weighted by Crippen LogP contribution is -2.28. The van der Waals surface area contributed by atoms with Crippen molar-refractivity contribution in [3.05, 3.63) is 55.1 Å². The predicted octanol–water partition coefficient (Wildman–Crippen LogP) is 2.58. The van der Waals surface area contributed by atoms with E-state index in [0.717, 1.165) is 0 Å². The van der Waals surface area contributed by atoms with Gasteiger partial charge in [0.2, 0.25) is 0 Å². The van der Waals surface area contributed by atoms with Gasteiger partial charge in [-0.1, -0.05) is 6.08 Å². The highest BCUT2D eigenvalue weighted by Gasteiger charge is 2.17. The van der Waals surface area contributed by atoms with Crippen molar-refractivity contribution < 1.29 is 19.1 Å². The minimum absolute atomic E-state index is 0.270. The van der Waals surface area contributed by atoms with Crippen LogP contribution in [-0.4, -0.2) is 40.7 Å². The van der Waals surface area contributed by atoms with E-state index in [1.54, 1.807) is 61.4 Å². The Morgan fingerprint density at radius 3 is 2.88 bits per heavy atom. The maximum atomic E-state index is 12.3. The number of imidazole rings is 1. The first-order valence-electron chi connectivity index (χ1n) is 7.89. The van der Waals surface area contributed by atoms with Gasteiger partial charge in [0.05, 0.1) is 36.5 Å². The zero-order valence-electron chi connectivity index (χ0n) is 14.3. The molecule has 7 nitrogen and oxygen atoms in total. The van der Waals surface area contributed by atoms with Gasteiger partial charge in [-0.25, -0.2) is 9.78 Å². The summed E-state index contributed by atoms with van der Waals surface area (Å²) >= 11 is 0. The summed E-state index contributed by atoms with van der Waals surface area (Å²) in [6.45, 7) is 7.48. The molecule has 0 radical (unpaired) electrons. The summed E-state index contributed by atoms with van der Waals surface area (Å²) in [6, 6.07) is 4.94. The molecular weight excluding hydrogens is 322 g/mol. The minimum atomic E-state index is -0.667. The number of hydrogen-bond donors (Lipinski definition) is 1. The lowest BCUT2D eigenvalue weighted by atomic mass is 10.1. The van der Waals surface area contributed by atoms with Crippen molar-refractivity contribution in [2.45, 2.75) is 20.0 Å². The summed E-state index contributed by atoms with van der Waals surface area (Å²) in [5.41, 5.74) is 1.48. The van der Waals surface area contributed by atoms with E-state index in [1.165, 1.54) is 0 Å². The van der Waals surface area contributed by atoms with E-state index < -0.39 is 12.1 Å². The molecule has 0 fully saturated rings. The molecule has 2 rings (SSSR count). The van der Waals surface area contributed by atoms with Gasteiger partial charge >= 0.3 is 5.97 Å². The van der Waals surface area contributed by atoms with Crippen molar-refractivity contribution in [3.63, 3.8) is 0 Å². The standard InChI is InChI=1S/C18H21N3O4/c1-4-10-25-13(3)17(22)20-15-11-14(18(23)24-5-2)6-7-16(15)21-9-8-19-12-21/h4,6-9,11-13H,1,5,10H2,2-3H3,(H,20,22)/t13-/m0/s1. The van der Waals surface area contributed by atoms with E-state index >= 15 is 0 Å². The van der Waals surface area contributed by atoms with E-state index in [-0.39, 0.29) is 19.1 Å². The van der Waals surface area contributed by atoms with Gasteiger partial charge in [0.15, 0.2) is 0 Å². The summed E-state index contributed by atoms with van der Waals surface area (Å²) in [6.07, 6.45) is 5.88. The summed E-state index contributed by atoms with van der Waals surface area (Å²) in [7, 11) is 0. The molecule has 0 aliphatic rings. The lowest BCUT2D eigenvalue weighted by Gasteiger charge is -2.16. The fourth-order valence-electron chi connectivity index (χ4n) is 2.13. The highest BCUT2D eigenvalue weighted by Crippen LogP contribution is 2.23. The van der Waals surface area contributed by atoms with Crippen LogP contribution in [0.1, 0.15) is 24.2 Å². The van der Waals surface area contributed by atoms with Crippen molar-refractivity contribution in [2.75, 3.05) is 18.5 Å². The molecule has 1 N–H and O–H groups in total. The number of amides is 1. The van der Waals surface area contributed by atoms with E-state index in [4.69, 9.17) is 9.47 Å². The highest BCUT2D eigenvalue weighted by atomic mass is 16.5. The lowest BCUT2D eigenvalue weighted by molar-refractivity contribution is -0.125. The normalized spacial score (nSPS) is 11.6. The number of benzene rings is 1. The second-order valence-corrected chi connectivity index (χ2v) is 5.18. The summed E-state index contributed by atoms with van der Waals surface area (Å²) in [5.74, 6) is -0.782. The molecule has 132 valence electrons. The van der Waals surface area contributed by atoms with Crippen LogP contribution in [0.25, 0.3) is 5.69 Å². The fraction of sp³-hybridized carbons (Fsp3) is 0.278. The Balaban J connectivity index is 2.31. The Labute approximate surface area is 146 Å². The Morgan fingerprint density at radius 1 is 1.44 bits per heavy atom. The number of carbonyl (C=O) groups is 2. The van der Waals surface area contributed by atoms with Gasteiger partial charge in [-0.05, 0) is 32.0 Å². The molecule has 0 bridgehead atoms. The SMILES string of the molecule is C=CCO[C@@H](C)C(=O)Nc1cc(C(=O)OCC)ccc1-n1ccnc1. The topological polar surface area (TPSA) is 82.5 Å². The van der Waals surface area contributed by atoms with Gasteiger partial charge in [-0.2, -0.15) is 0 Å². The number of esters is 1. The maximum absolute atomic E-state index is 12.3. The van der Waals surface area contributed by atoms with Gasteiger partial charge in [0.25, 0.3) is 5.91 Å². The van der Waals surface area contributed by atoms with Crippen molar-refractivity contribution in [1.82, 2.24) is 9.55 Å². The maximum Gasteiger partial charge on any atom is 0.338 e. The fourth-order valence-corrected chi connectivity index (χ4v) is 2.13. The van der Waals surface area contributed by atoms with Crippen LogP contribution >= 0.6 is 0 Å². The molecule has 0 spiro atoms. The number of rotatable bonds is 8. The zero-order valence-corrected chi connectivity index (χ0v) is 14.3. The zero-order chi connectivity index (χ0) is 18.2. The third-order valence-corrected chi connectivity index (χ3v) is 3.38. The van der Waals surface area contributed by atoms with Crippen LogP contribution in [0.3, 0.4) is 0 Å². The second-order valence-electron chi connectivity index (χ2n) is 5.18. The number of anilines is 1. The molecule has 7 heteroatoms. The average Bonchev–Trinajstić information content (AvgIpc) is 3.14. The molecule has 1 aromatic heterocycles. The van der Waals surface area contributed by atoms with Gasteiger partial charge in [0.1, 0.15) is 6.10 Å². The Kier molecular flexibility index (Phi) is 6.47. The van der Waals surface area contributed by atoms with Crippen molar-refractivity contribution in [3.8, 4) is 5.69 Å². The third-order valence-electron chi connectivity index (χ3n) is 3.38. The van der Waals surface area contributed by atoms with Crippen LogP contribution in [0.15, 0.2) is 49.6 Å². The first-order valence-corrected chi connectivity index (χ1v) is 7.89. The number of nitrogens with zero attached hydrogens (tertiary/aromatic N) is 2. The van der Waals surface area contributed by atoms with E-state index in [2.05, 4.69) is 16.9 Å². The van der Waals surface area contributed by atoms with Gasteiger partial charge in [0, 0.05) is 12.4 Å². The smallest absolute Gasteiger partial charge is 0.338 e. The second kappa shape index (κ2) is 8.79. The van der Waals surface area contributed by atoms with Crippen LogP contribution < -0.4 is 5.32 Å². The number of carbonyl (C=O) groups excluding carboxylic acids is 2. The molecule has 1 atom stereocenters. The van der Waals surface area contributed by atoms with Crippen molar-refractivity contribution in [2.24, 2.45) is 0 Å². The van der Waals surface area contributed by atoms with Gasteiger partial charge < -0.3 is 19.4 Å². The average molecular weight is 343 g/mol. The largest absolute Gasteiger partial charge is 0.462 e. The minimum Gasteiger partial charge on any atom is -0.462 e. The summed E-state index contributed by atoms with van der Waals surface area (Å²) in [4.78, 5) is 28.3. The van der Waals surface area contributed by atoms with E-state index in [0.29, 0.717) is 16.9 Å². The molecule has 25 heavy (non-hydrogen) atoms. The van der Waals surface area contributed by atoms with Crippen LogP contribution in [0.5, 0.6) is 0 Å². The number of aromatic nitrogens is 2. The van der Waals surface area contributed by atoms with Crippen molar-refractivity contribution >= 4 is 17.6 Å². The Morgan fingerprint density at radius 2 is 2.24 bits per heavy atom. The Hall–Kier alpha value is -2.93. The highest BCUT2D eigenvalue weighted by molar-refractivity contribution is 5.98. The van der Waals surface area contributed by atoms with Gasteiger partial charge in [-0.15, -0.1) is 6.58 Å².